The molecule has 1 N–H and O–H groups in total. The van der Waals surface area contributed by atoms with Crippen LogP contribution in [-0.4, -0.2) is 38.1 Å². The van der Waals surface area contributed by atoms with Crippen LogP contribution in [0.3, 0.4) is 0 Å². The van der Waals surface area contributed by atoms with Crippen molar-refractivity contribution >= 4 is 22.1 Å². The van der Waals surface area contributed by atoms with Crippen molar-refractivity contribution in [2.24, 2.45) is 11.8 Å². The van der Waals surface area contributed by atoms with Crippen LogP contribution in [0.25, 0.3) is 0 Å². The standard InChI is InChI=1S/C16H22O7S.Li.H/c1-10(2)8-22-15(17)12-5-13(16(18)23-9-11(3)4)7-14(6-12)24(19,20)21;;/h5-7,10-11H,8-9H2,1-4H3,(H,19,20,21);;/q;+1;-1. The number of esters is 2. The zero-order chi connectivity index (χ0) is 18.5. The minimum Gasteiger partial charge on any atom is -1.00 e. The SMILES string of the molecule is CC(C)COC(=O)c1cc(C(=O)OCC(C)C)cc(S(=O)(=O)O)c1.[H-].[Li+]. The molecule has 0 spiro atoms. The van der Waals surface area contributed by atoms with Crippen LogP contribution in [0.15, 0.2) is 23.1 Å². The maximum absolute atomic E-state index is 12.0. The number of hydrogen-bond donors (Lipinski definition) is 1. The van der Waals surface area contributed by atoms with Gasteiger partial charge in [-0.05, 0) is 30.0 Å². The van der Waals surface area contributed by atoms with Gasteiger partial charge < -0.3 is 10.9 Å². The molecule has 25 heavy (non-hydrogen) atoms. The summed E-state index contributed by atoms with van der Waals surface area (Å²) >= 11 is 0. The minimum absolute atomic E-state index is 0. The Kier molecular flexibility index (Phi) is 9.44. The van der Waals surface area contributed by atoms with Crippen molar-refractivity contribution in [2.45, 2.75) is 32.6 Å². The van der Waals surface area contributed by atoms with E-state index in [0.717, 1.165) is 12.1 Å². The molecule has 0 radical (unpaired) electrons. The van der Waals surface area contributed by atoms with E-state index in [1.54, 1.807) is 0 Å². The largest absolute Gasteiger partial charge is 1.00 e. The van der Waals surface area contributed by atoms with Gasteiger partial charge in [-0.3, -0.25) is 4.55 Å². The molecule has 0 aliphatic rings. The zero-order valence-electron chi connectivity index (χ0n) is 16.1. The van der Waals surface area contributed by atoms with Crippen molar-refractivity contribution in [3.05, 3.63) is 29.3 Å². The summed E-state index contributed by atoms with van der Waals surface area (Å²) in [6.07, 6.45) is 0. The third-order valence-corrected chi connectivity index (χ3v) is 3.60. The Hall–Kier alpha value is -1.33. The molecular formula is C16H23LiO7S. The van der Waals surface area contributed by atoms with Crippen LogP contribution < -0.4 is 18.9 Å². The molecule has 0 saturated heterocycles. The molecule has 0 fully saturated rings. The number of carbonyl (C=O) groups excluding carboxylic acids is 2. The molecule has 0 aliphatic carbocycles. The van der Waals surface area contributed by atoms with Gasteiger partial charge in [0.25, 0.3) is 10.1 Å². The summed E-state index contributed by atoms with van der Waals surface area (Å²) in [6.45, 7) is 7.66. The summed E-state index contributed by atoms with van der Waals surface area (Å²) in [7, 11) is -4.59. The maximum Gasteiger partial charge on any atom is 1.00 e. The normalized spacial score (nSPS) is 11.2. The van der Waals surface area contributed by atoms with E-state index < -0.39 is 27.0 Å². The molecule has 0 atom stereocenters. The van der Waals surface area contributed by atoms with Gasteiger partial charge >= 0.3 is 30.8 Å². The summed E-state index contributed by atoms with van der Waals surface area (Å²) < 4.78 is 42.0. The predicted octanol–water partition coefficient (Wildman–Crippen LogP) is -0.325. The van der Waals surface area contributed by atoms with Crippen LogP contribution >= 0.6 is 0 Å². The summed E-state index contributed by atoms with van der Waals surface area (Å²) in [6, 6.07) is 3.09. The molecule has 1 aromatic rings. The molecule has 0 aromatic heterocycles. The van der Waals surface area contributed by atoms with Crippen molar-refractivity contribution in [1.29, 1.82) is 0 Å². The van der Waals surface area contributed by atoms with E-state index >= 15 is 0 Å². The van der Waals surface area contributed by atoms with Gasteiger partial charge in [0.05, 0.1) is 29.2 Å². The Labute approximate surface area is 161 Å². The Balaban J connectivity index is 0. The fourth-order valence-corrected chi connectivity index (χ4v) is 2.19. The molecule has 0 unspecified atom stereocenters. The molecule has 0 saturated carbocycles. The molecule has 1 aromatic carbocycles. The van der Waals surface area contributed by atoms with Gasteiger partial charge in [0.15, 0.2) is 0 Å². The van der Waals surface area contributed by atoms with Crippen LogP contribution in [0.1, 0.15) is 49.8 Å². The Morgan fingerprint density at radius 1 is 0.960 bits per heavy atom. The van der Waals surface area contributed by atoms with Crippen molar-refractivity contribution < 1.29 is 52.3 Å². The Morgan fingerprint density at radius 3 is 1.60 bits per heavy atom. The van der Waals surface area contributed by atoms with Crippen molar-refractivity contribution in [3.8, 4) is 0 Å². The molecular weight excluding hydrogens is 343 g/mol. The van der Waals surface area contributed by atoms with Gasteiger partial charge in [-0.15, -0.1) is 0 Å². The molecule has 0 aliphatic heterocycles. The minimum atomic E-state index is -4.59. The monoisotopic (exact) mass is 366 g/mol. The van der Waals surface area contributed by atoms with Crippen LogP contribution in [0, 0.1) is 11.8 Å². The van der Waals surface area contributed by atoms with E-state index in [2.05, 4.69) is 0 Å². The van der Waals surface area contributed by atoms with Crippen molar-refractivity contribution in [1.82, 2.24) is 0 Å². The number of ether oxygens (including phenoxy) is 2. The number of hydrogen-bond acceptors (Lipinski definition) is 6. The second kappa shape index (κ2) is 9.97. The summed E-state index contributed by atoms with van der Waals surface area (Å²) in [5.41, 5.74) is -0.301. The first kappa shape index (κ1) is 23.7. The summed E-state index contributed by atoms with van der Waals surface area (Å²) in [4.78, 5) is 23.5. The molecule has 9 heteroatoms. The second-order valence-electron chi connectivity index (χ2n) is 6.21. The molecule has 7 nitrogen and oxygen atoms in total. The Bertz CT molecular complexity index is 675. The van der Waals surface area contributed by atoms with Crippen LogP contribution in [-0.2, 0) is 19.6 Å². The van der Waals surface area contributed by atoms with Gasteiger partial charge in [0.2, 0.25) is 0 Å². The molecule has 0 heterocycles. The van der Waals surface area contributed by atoms with E-state index in [0.29, 0.717) is 0 Å². The average molecular weight is 366 g/mol. The first-order chi connectivity index (χ1) is 11.0. The van der Waals surface area contributed by atoms with Gasteiger partial charge in [-0.1, -0.05) is 27.7 Å². The second-order valence-corrected chi connectivity index (χ2v) is 7.63. The smallest absolute Gasteiger partial charge is 1.00 e. The fourth-order valence-electron chi connectivity index (χ4n) is 1.64. The average Bonchev–Trinajstić information content (AvgIpc) is 2.48. The number of benzene rings is 1. The van der Waals surface area contributed by atoms with Crippen LogP contribution in [0.2, 0.25) is 0 Å². The molecule has 136 valence electrons. The van der Waals surface area contributed by atoms with E-state index in [9.17, 15) is 22.6 Å². The first-order valence-corrected chi connectivity index (χ1v) is 8.91. The third-order valence-electron chi connectivity index (χ3n) is 2.77. The topological polar surface area (TPSA) is 107 Å². The van der Waals surface area contributed by atoms with E-state index in [1.807, 2.05) is 27.7 Å². The maximum atomic E-state index is 12.0. The Morgan fingerprint density at radius 2 is 1.32 bits per heavy atom. The zero-order valence-corrected chi connectivity index (χ0v) is 15.9. The summed E-state index contributed by atoms with van der Waals surface area (Å²) in [5, 5.41) is 0. The van der Waals surface area contributed by atoms with Crippen molar-refractivity contribution in [3.63, 3.8) is 0 Å². The van der Waals surface area contributed by atoms with Gasteiger partial charge in [-0.2, -0.15) is 8.42 Å². The molecule has 1 rings (SSSR count). The van der Waals surface area contributed by atoms with E-state index in [1.165, 1.54) is 6.07 Å². The number of carbonyl (C=O) groups is 2. The van der Waals surface area contributed by atoms with Crippen LogP contribution in [0.5, 0.6) is 0 Å². The van der Waals surface area contributed by atoms with E-state index in [-0.39, 0.29) is 56.5 Å². The molecule has 0 amide bonds. The van der Waals surface area contributed by atoms with E-state index in [4.69, 9.17) is 9.47 Å². The van der Waals surface area contributed by atoms with Gasteiger partial charge in [0.1, 0.15) is 0 Å². The summed E-state index contributed by atoms with van der Waals surface area (Å²) in [5.74, 6) is -1.39. The van der Waals surface area contributed by atoms with Crippen LogP contribution in [0.4, 0.5) is 0 Å². The predicted molar refractivity (Wildman–Crippen MR) is 87.6 cm³/mol. The third kappa shape index (κ3) is 8.06. The van der Waals surface area contributed by atoms with Gasteiger partial charge in [0, 0.05) is 0 Å². The fraction of sp³-hybridized carbons (Fsp3) is 0.500. The quantitative estimate of drug-likeness (QED) is 0.400. The van der Waals surface area contributed by atoms with Gasteiger partial charge in [-0.25, -0.2) is 9.59 Å². The van der Waals surface area contributed by atoms with Crippen molar-refractivity contribution in [2.75, 3.05) is 13.2 Å². The molecule has 0 bridgehead atoms. The number of rotatable bonds is 7. The first-order valence-electron chi connectivity index (χ1n) is 7.47.